The molecule has 2 N–H and O–H groups in total. The summed E-state index contributed by atoms with van der Waals surface area (Å²) in [7, 11) is -4.18. The zero-order valence-electron chi connectivity index (χ0n) is 15.2. The van der Waals surface area contributed by atoms with Crippen LogP contribution in [0.5, 0.6) is 5.75 Å². The highest BCUT2D eigenvalue weighted by Crippen LogP contribution is 2.34. The van der Waals surface area contributed by atoms with Gasteiger partial charge in [0.25, 0.3) is 21.8 Å². The van der Waals surface area contributed by atoms with Crippen molar-refractivity contribution in [3.8, 4) is 5.75 Å². The van der Waals surface area contributed by atoms with Crippen LogP contribution in [0, 0.1) is 13.8 Å². The number of aromatic nitrogens is 1. The van der Waals surface area contributed by atoms with Crippen LogP contribution in [0.1, 0.15) is 41.2 Å². The number of aryl methyl sites for hydroxylation is 3. The topological polar surface area (TPSA) is 128 Å². The van der Waals surface area contributed by atoms with E-state index in [1.807, 2.05) is 4.72 Å². The third kappa shape index (κ3) is 3.39. The maximum Gasteiger partial charge on any atom is 0.270 e. The Morgan fingerprint density at radius 3 is 2.70 bits per heavy atom. The fourth-order valence-electron chi connectivity index (χ4n) is 2.81. The smallest absolute Gasteiger partial charge is 0.270 e. The molecule has 2 heterocycles. The molecule has 0 saturated carbocycles. The number of hydrogen-bond donors (Lipinski definition) is 2. The van der Waals surface area contributed by atoms with Gasteiger partial charge >= 0.3 is 0 Å². The molecule has 0 saturated heterocycles. The molecule has 27 heavy (non-hydrogen) atoms. The number of carbonyl (C=O) groups is 2. The Hall–Kier alpha value is -2.88. The Morgan fingerprint density at radius 2 is 2.04 bits per heavy atom. The average molecular weight is 393 g/mol. The first kappa shape index (κ1) is 18.9. The Bertz CT molecular complexity index is 1040. The SMILES string of the molecule is CCc1noc(C)c1C(=O)NS(=O)(=O)c1cc2c(cc1C)NC(=O)C(C)O2. The molecular weight excluding hydrogens is 374 g/mol. The van der Waals surface area contributed by atoms with E-state index in [-0.39, 0.29) is 27.9 Å². The lowest BCUT2D eigenvalue weighted by Crippen LogP contribution is -2.35. The molecule has 0 spiro atoms. The van der Waals surface area contributed by atoms with Crippen molar-refractivity contribution in [1.29, 1.82) is 0 Å². The van der Waals surface area contributed by atoms with Crippen LogP contribution in [0.25, 0.3) is 0 Å². The van der Waals surface area contributed by atoms with Gasteiger partial charge in [-0.3, -0.25) is 9.59 Å². The third-order valence-electron chi connectivity index (χ3n) is 4.22. The summed E-state index contributed by atoms with van der Waals surface area (Å²) in [6, 6.07) is 2.78. The van der Waals surface area contributed by atoms with Crippen molar-refractivity contribution < 1.29 is 27.3 Å². The Kier molecular flexibility index (Phi) is 4.68. The normalized spacial score (nSPS) is 16.3. The summed E-state index contributed by atoms with van der Waals surface area (Å²) >= 11 is 0. The van der Waals surface area contributed by atoms with Gasteiger partial charge in [0.1, 0.15) is 17.1 Å². The zero-order valence-corrected chi connectivity index (χ0v) is 16.1. The summed E-state index contributed by atoms with van der Waals surface area (Å²) in [6.07, 6.45) is -0.333. The van der Waals surface area contributed by atoms with Crippen molar-refractivity contribution in [2.24, 2.45) is 0 Å². The molecular formula is C17H19N3O6S. The van der Waals surface area contributed by atoms with Crippen molar-refractivity contribution >= 4 is 27.5 Å². The highest BCUT2D eigenvalue weighted by Gasteiger charge is 2.29. The Morgan fingerprint density at radius 1 is 1.33 bits per heavy atom. The predicted octanol–water partition coefficient (Wildman–Crippen LogP) is 1.69. The van der Waals surface area contributed by atoms with E-state index in [1.54, 1.807) is 20.8 Å². The first-order valence-corrected chi connectivity index (χ1v) is 9.76. The highest BCUT2D eigenvalue weighted by molar-refractivity contribution is 7.90. The molecule has 1 aromatic carbocycles. The first-order chi connectivity index (χ1) is 12.6. The minimum atomic E-state index is -4.18. The van der Waals surface area contributed by atoms with Gasteiger partial charge in [0.05, 0.1) is 16.3 Å². The summed E-state index contributed by atoms with van der Waals surface area (Å²) in [5.74, 6) is -0.677. The third-order valence-corrected chi connectivity index (χ3v) is 5.69. The number of sulfonamides is 1. The highest BCUT2D eigenvalue weighted by atomic mass is 32.2. The van der Waals surface area contributed by atoms with Crippen LogP contribution in [0.2, 0.25) is 0 Å². The van der Waals surface area contributed by atoms with Crippen LogP contribution in [0.3, 0.4) is 0 Å². The molecule has 9 nitrogen and oxygen atoms in total. The molecule has 1 aliphatic heterocycles. The van der Waals surface area contributed by atoms with Gasteiger partial charge in [-0.25, -0.2) is 13.1 Å². The average Bonchev–Trinajstić information content (AvgIpc) is 2.96. The van der Waals surface area contributed by atoms with Gasteiger partial charge < -0.3 is 14.6 Å². The van der Waals surface area contributed by atoms with Crippen LogP contribution in [-0.4, -0.2) is 31.5 Å². The minimum Gasteiger partial charge on any atom is -0.479 e. The van der Waals surface area contributed by atoms with E-state index in [2.05, 4.69) is 10.5 Å². The number of hydrogen-bond acceptors (Lipinski definition) is 7. The number of anilines is 1. The van der Waals surface area contributed by atoms with Gasteiger partial charge in [-0.15, -0.1) is 0 Å². The number of amides is 2. The zero-order chi connectivity index (χ0) is 19.9. The van der Waals surface area contributed by atoms with Crippen LogP contribution in [0.4, 0.5) is 5.69 Å². The monoisotopic (exact) mass is 393 g/mol. The molecule has 1 unspecified atom stereocenters. The molecule has 0 fully saturated rings. The standard InChI is InChI=1S/C17H19N3O6S/c1-5-11-15(9(3)26-19-11)17(22)20-27(23,24)14-7-13-12(6-8(14)2)18-16(21)10(4)25-13/h6-7,10H,5H2,1-4H3,(H,18,21)(H,20,22). The number of nitrogens with one attached hydrogen (secondary N) is 2. The second-order valence-electron chi connectivity index (χ2n) is 6.21. The number of ether oxygens (including phenoxy) is 1. The minimum absolute atomic E-state index is 0.105. The lowest BCUT2D eigenvalue weighted by Gasteiger charge is -2.24. The number of rotatable bonds is 4. The van der Waals surface area contributed by atoms with Crippen LogP contribution >= 0.6 is 0 Å². The van der Waals surface area contributed by atoms with Crippen molar-refractivity contribution in [3.05, 3.63) is 34.7 Å². The summed E-state index contributed by atoms with van der Waals surface area (Å²) in [4.78, 5) is 24.1. The summed E-state index contributed by atoms with van der Waals surface area (Å²) < 4.78 is 38.0. The molecule has 0 aliphatic carbocycles. The van der Waals surface area contributed by atoms with Crippen LogP contribution < -0.4 is 14.8 Å². The van der Waals surface area contributed by atoms with Crippen LogP contribution in [-0.2, 0) is 21.2 Å². The van der Waals surface area contributed by atoms with Crippen molar-refractivity contribution in [2.45, 2.75) is 45.1 Å². The van der Waals surface area contributed by atoms with E-state index in [0.717, 1.165) is 0 Å². The summed E-state index contributed by atoms with van der Waals surface area (Å²) in [5, 5.41) is 6.41. The lowest BCUT2D eigenvalue weighted by atomic mass is 10.1. The number of fused-ring (bicyclic) bond motifs is 1. The van der Waals surface area contributed by atoms with Crippen molar-refractivity contribution in [3.63, 3.8) is 0 Å². The first-order valence-electron chi connectivity index (χ1n) is 8.28. The molecule has 144 valence electrons. The Balaban J connectivity index is 1.96. The molecule has 3 rings (SSSR count). The molecule has 1 aromatic heterocycles. The molecule has 1 atom stereocenters. The predicted molar refractivity (Wildman–Crippen MR) is 95.2 cm³/mol. The van der Waals surface area contributed by atoms with E-state index in [0.29, 0.717) is 23.4 Å². The summed E-state index contributed by atoms with van der Waals surface area (Å²) in [6.45, 7) is 6.43. The van der Waals surface area contributed by atoms with Gasteiger partial charge in [-0.1, -0.05) is 12.1 Å². The van der Waals surface area contributed by atoms with Crippen molar-refractivity contribution in [2.75, 3.05) is 5.32 Å². The number of benzene rings is 1. The van der Waals surface area contributed by atoms with Gasteiger partial charge in [-0.2, -0.15) is 0 Å². The molecule has 2 aromatic rings. The fraction of sp³-hybridized carbons (Fsp3) is 0.353. The quantitative estimate of drug-likeness (QED) is 0.809. The van der Waals surface area contributed by atoms with E-state index in [9.17, 15) is 18.0 Å². The maximum atomic E-state index is 12.8. The number of carbonyl (C=O) groups excluding carboxylic acids is 2. The van der Waals surface area contributed by atoms with Gasteiger partial charge in [0.2, 0.25) is 0 Å². The van der Waals surface area contributed by atoms with E-state index in [1.165, 1.54) is 19.1 Å². The molecule has 0 radical (unpaired) electrons. The summed E-state index contributed by atoms with van der Waals surface area (Å²) in [5.41, 5.74) is 1.21. The van der Waals surface area contributed by atoms with Gasteiger partial charge in [0, 0.05) is 6.07 Å². The molecule has 2 amide bonds. The van der Waals surface area contributed by atoms with Crippen molar-refractivity contribution in [1.82, 2.24) is 9.88 Å². The van der Waals surface area contributed by atoms with E-state index >= 15 is 0 Å². The fourth-order valence-corrected chi connectivity index (χ4v) is 4.01. The van der Waals surface area contributed by atoms with Gasteiger partial charge in [0.15, 0.2) is 6.10 Å². The second kappa shape index (κ2) is 6.69. The number of nitrogens with zero attached hydrogens (tertiary/aromatic N) is 1. The maximum absolute atomic E-state index is 12.8. The van der Waals surface area contributed by atoms with Gasteiger partial charge in [-0.05, 0) is 38.8 Å². The van der Waals surface area contributed by atoms with E-state index in [4.69, 9.17) is 9.26 Å². The second-order valence-corrected chi connectivity index (χ2v) is 7.86. The largest absolute Gasteiger partial charge is 0.479 e. The Labute approximate surface area is 156 Å². The molecule has 0 bridgehead atoms. The van der Waals surface area contributed by atoms with Crippen LogP contribution in [0.15, 0.2) is 21.6 Å². The molecule has 1 aliphatic rings. The molecule has 10 heteroatoms. The lowest BCUT2D eigenvalue weighted by molar-refractivity contribution is -0.122. The van der Waals surface area contributed by atoms with E-state index < -0.39 is 22.0 Å².